The van der Waals surface area contributed by atoms with Crippen LogP contribution in [0.25, 0.3) is 6.08 Å². The van der Waals surface area contributed by atoms with Crippen LogP contribution in [0, 0.1) is 0 Å². The van der Waals surface area contributed by atoms with Crippen LogP contribution in [0.4, 0.5) is 0 Å². The molecule has 2 rings (SSSR count). The molecule has 1 aliphatic rings. The normalized spacial score (nSPS) is 13.5. The summed E-state index contributed by atoms with van der Waals surface area (Å²) >= 11 is 0. The molecule has 0 saturated carbocycles. The maximum atomic E-state index is 11.5. The summed E-state index contributed by atoms with van der Waals surface area (Å²) in [5.41, 5.74) is 1.93. The van der Waals surface area contributed by atoms with Crippen LogP contribution in [0.2, 0.25) is 0 Å². The molecule has 1 aromatic carbocycles. The Bertz CT molecular complexity index is 458. The molecule has 15 heavy (non-hydrogen) atoms. The lowest BCUT2D eigenvalue weighted by atomic mass is 9.94. The van der Waals surface area contributed by atoms with E-state index in [9.17, 15) is 9.59 Å². The third-order valence-electron chi connectivity index (χ3n) is 2.37. The van der Waals surface area contributed by atoms with E-state index in [0.29, 0.717) is 17.5 Å². The van der Waals surface area contributed by atoms with E-state index in [0.717, 1.165) is 5.56 Å². The predicted molar refractivity (Wildman–Crippen MR) is 55.8 cm³/mol. The molecule has 76 valence electrons. The number of allylic oxidation sites excluding steroid dienone is 1. The zero-order valence-corrected chi connectivity index (χ0v) is 8.32. The second-order valence-electron chi connectivity index (χ2n) is 3.32. The largest absolute Gasteiger partial charge is 0.465 e. The minimum atomic E-state index is -0.385. The summed E-state index contributed by atoms with van der Waals surface area (Å²) in [7, 11) is 1.34. The number of hydrogen-bond donors (Lipinski definition) is 0. The van der Waals surface area contributed by atoms with Gasteiger partial charge in [0.2, 0.25) is 0 Å². The molecule has 3 nitrogen and oxygen atoms in total. The van der Waals surface area contributed by atoms with Crippen molar-refractivity contribution in [2.24, 2.45) is 0 Å². The highest BCUT2D eigenvalue weighted by atomic mass is 16.5. The number of carbonyl (C=O) groups excluding carboxylic acids is 2. The average molecular weight is 202 g/mol. The van der Waals surface area contributed by atoms with Gasteiger partial charge in [0.05, 0.1) is 12.7 Å². The number of carbonyl (C=O) groups is 2. The number of rotatable bonds is 1. The van der Waals surface area contributed by atoms with Crippen molar-refractivity contribution in [3.05, 3.63) is 41.0 Å². The molecule has 0 amide bonds. The van der Waals surface area contributed by atoms with Crippen molar-refractivity contribution in [1.82, 2.24) is 0 Å². The second kappa shape index (κ2) is 3.69. The van der Waals surface area contributed by atoms with E-state index in [4.69, 9.17) is 0 Å². The van der Waals surface area contributed by atoms with Gasteiger partial charge in [-0.2, -0.15) is 0 Å². The van der Waals surface area contributed by atoms with Gasteiger partial charge in [-0.25, -0.2) is 4.79 Å². The number of Topliss-reactive ketones (excluding diaryl/α,β-unsaturated/α-hetero) is 1. The molecule has 0 saturated heterocycles. The van der Waals surface area contributed by atoms with Gasteiger partial charge in [-0.05, 0) is 23.8 Å². The van der Waals surface area contributed by atoms with Gasteiger partial charge in [-0.1, -0.05) is 12.2 Å². The van der Waals surface area contributed by atoms with E-state index >= 15 is 0 Å². The molecule has 0 spiro atoms. The van der Waals surface area contributed by atoms with Crippen molar-refractivity contribution < 1.29 is 14.3 Å². The van der Waals surface area contributed by atoms with Gasteiger partial charge >= 0.3 is 5.97 Å². The Balaban J connectivity index is 2.47. The smallest absolute Gasteiger partial charge is 0.337 e. The first-order valence-corrected chi connectivity index (χ1v) is 4.64. The number of hydrogen-bond acceptors (Lipinski definition) is 3. The summed E-state index contributed by atoms with van der Waals surface area (Å²) in [5.74, 6) is -0.298. The van der Waals surface area contributed by atoms with Crippen molar-refractivity contribution >= 4 is 17.8 Å². The van der Waals surface area contributed by atoms with Gasteiger partial charge in [0.15, 0.2) is 5.78 Å². The number of fused-ring (bicyclic) bond motifs is 1. The molecule has 1 aromatic rings. The molecular formula is C12H10O3. The predicted octanol–water partition coefficient (Wildman–Crippen LogP) is 2.07. The minimum Gasteiger partial charge on any atom is -0.465 e. The Morgan fingerprint density at radius 3 is 2.93 bits per heavy atom. The first-order chi connectivity index (χ1) is 7.22. The van der Waals surface area contributed by atoms with E-state index in [2.05, 4.69) is 4.74 Å². The first kappa shape index (κ1) is 9.65. The Labute approximate surface area is 87.4 Å². The molecule has 1 aliphatic carbocycles. The maximum Gasteiger partial charge on any atom is 0.337 e. The van der Waals surface area contributed by atoms with Crippen LogP contribution in [0.5, 0.6) is 0 Å². The fourth-order valence-electron chi connectivity index (χ4n) is 1.60. The molecular weight excluding hydrogens is 192 g/mol. The van der Waals surface area contributed by atoms with Gasteiger partial charge in [0.25, 0.3) is 0 Å². The average Bonchev–Trinajstić information content (AvgIpc) is 2.28. The number of ketones is 1. The molecule has 0 N–H and O–H groups in total. The second-order valence-corrected chi connectivity index (χ2v) is 3.32. The monoisotopic (exact) mass is 202 g/mol. The lowest BCUT2D eigenvalue weighted by Crippen LogP contribution is -2.07. The Morgan fingerprint density at radius 1 is 1.40 bits per heavy atom. The Kier molecular flexibility index (Phi) is 2.37. The number of methoxy groups -OCH3 is 1. The van der Waals surface area contributed by atoms with E-state index in [1.807, 2.05) is 6.08 Å². The van der Waals surface area contributed by atoms with E-state index in [1.54, 1.807) is 24.3 Å². The van der Waals surface area contributed by atoms with Crippen LogP contribution < -0.4 is 0 Å². The number of benzene rings is 1. The summed E-state index contributed by atoms with van der Waals surface area (Å²) in [6.45, 7) is 0. The van der Waals surface area contributed by atoms with Crippen molar-refractivity contribution in [2.45, 2.75) is 6.42 Å². The third kappa shape index (κ3) is 1.68. The van der Waals surface area contributed by atoms with Crippen molar-refractivity contribution in [3.63, 3.8) is 0 Å². The van der Waals surface area contributed by atoms with Gasteiger partial charge < -0.3 is 4.74 Å². The van der Waals surface area contributed by atoms with E-state index < -0.39 is 0 Å². The van der Waals surface area contributed by atoms with Crippen molar-refractivity contribution in [3.8, 4) is 0 Å². The van der Waals surface area contributed by atoms with Crippen LogP contribution in [0.3, 0.4) is 0 Å². The van der Waals surface area contributed by atoms with Crippen LogP contribution >= 0.6 is 0 Å². The topological polar surface area (TPSA) is 43.4 Å². The zero-order valence-electron chi connectivity index (χ0n) is 8.32. The molecule has 0 heterocycles. The van der Waals surface area contributed by atoms with Gasteiger partial charge in [0, 0.05) is 12.0 Å². The van der Waals surface area contributed by atoms with Crippen LogP contribution in [0.1, 0.15) is 32.7 Å². The highest BCUT2D eigenvalue weighted by Gasteiger charge is 2.15. The van der Waals surface area contributed by atoms with Gasteiger partial charge in [0.1, 0.15) is 0 Å². The summed E-state index contributed by atoms with van der Waals surface area (Å²) < 4.78 is 4.61. The standard InChI is InChI=1S/C12H10O3/c1-15-12(14)9-5-6-10-8(7-9)3-2-4-11(10)13/h2-3,5-7H,4H2,1H3. The highest BCUT2D eigenvalue weighted by Crippen LogP contribution is 2.20. The molecule has 3 heteroatoms. The Hall–Kier alpha value is -1.90. The number of esters is 1. The molecule has 0 aromatic heterocycles. The summed E-state index contributed by atoms with van der Waals surface area (Å²) in [5, 5.41) is 0. The van der Waals surface area contributed by atoms with E-state index in [-0.39, 0.29) is 11.8 Å². The summed E-state index contributed by atoms with van der Waals surface area (Å²) in [6.07, 6.45) is 4.08. The molecule has 0 fully saturated rings. The van der Waals surface area contributed by atoms with Crippen molar-refractivity contribution in [2.75, 3.05) is 7.11 Å². The maximum absolute atomic E-state index is 11.5. The van der Waals surface area contributed by atoms with Gasteiger partial charge in [-0.3, -0.25) is 4.79 Å². The highest BCUT2D eigenvalue weighted by molar-refractivity contribution is 6.04. The van der Waals surface area contributed by atoms with Crippen LogP contribution in [0.15, 0.2) is 24.3 Å². The lowest BCUT2D eigenvalue weighted by Gasteiger charge is -2.10. The molecule has 0 aliphatic heterocycles. The minimum absolute atomic E-state index is 0.0870. The summed E-state index contributed by atoms with van der Waals surface area (Å²) in [6, 6.07) is 4.96. The van der Waals surface area contributed by atoms with Gasteiger partial charge in [-0.15, -0.1) is 0 Å². The first-order valence-electron chi connectivity index (χ1n) is 4.64. The lowest BCUT2D eigenvalue weighted by molar-refractivity contribution is 0.0600. The molecule has 0 bridgehead atoms. The Morgan fingerprint density at radius 2 is 2.20 bits per heavy atom. The van der Waals surface area contributed by atoms with Crippen LogP contribution in [-0.4, -0.2) is 18.9 Å². The van der Waals surface area contributed by atoms with Crippen molar-refractivity contribution in [1.29, 1.82) is 0 Å². The molecule has 0 atom stereocenters. The fourth-order valence-corrected chi connectivity index (χ4v) is 1.60. The third-order valence-corrected chi connectivity index (χ3v) is 2.37. The molecule has 0 unspecified atom stereocenters. The number of ether oxygens (including phenoxy) is 1. The SMILES string of the molecule is COC(=O)c1ccc2c(c1)C=CCC2=O. The van der Waals surface area contributed by atoms with E-state index in [1.165, 1.54) is 7.11 Å². The van der Waals surface area contributed by atoms with Crippen LogP contribution in [-0.2, 0) is 4.74 Å². The summed E-state index contributed by atoms with van der Waals surface area (Å²) in [4.78, 5) is 22.7. The zero-order chi connectivity index (χ0) is 10.8. The molecule has 0 radical (unpaired) electrons. The quantitative estimate of drug-likeness (QED) is 0.655. The fraction of sp³-hybridized carbons (Fsp3) is 0.167.